The summed E-state index contributed by atoms with van der Waals surface area (Å²) in [6, 6.07) is 4.61. The van der Waals surface area contributed by atoms with Crippen molar-refractivity contribution in [1.82, 2.24) is 4.90 Å². The zero-order valence-corrected chi connectivity index (χ0v) is 13.9. The molecule has 0 aromatic heterocycles. The average molecular weight is 342 g/mol. The highest BCUT2D eigenvalue weighted by Crippen LogP contribution is 2.36. The van der Waals surface area contributed by atoms with Gasteiger partial charge in [-0.1, -0.05) is 19.8 Å². The molecule has 1 aliphatic heterocycles. The van der Waals surface area contributed by atoms with Gasteiger partial charge in [0.15, 0.2) is 11.5 Å². The number of halogens is 1. The van der Waals surface area contributed by atoms with E-state index >= 15 is 0 Å². The number of aromatic hydroxyl groups is 1. The van der Waals surface area contributed by atoms with Crippen molar-refractivity contribution in [3.8, 4) is 11.5 Å². The van der Waals surface area contributed by atoms with Gasteiger partial charge in [-0.2, -0.15) is 0 Å². The van der Waals surface area contributed by atoms with Crippen LogP contribution in [-0.2, 0) is 6.54 Å². The summed E-state index contributed by atoms with van der Waals surface area (Å²) in [5.74, 6) is 0.719. The van der Waals surface area contributed by atoms with Crippen LogP contribution in [0.15, 0.2) is 16.6 Å². The minimum atomic E-state index is 0.180. The smallest absolute Gasteiger partial charge is 0.172 e. The van der Waals surface area contributed by atoms with E-state index in [4.69, 9.17) is 4.74 Å². The van der Waals surface area contributed by atoms with E-state index in [1.807, 2.05) is 12.1 Å². The Balaban J connectivity index is 2.17. The van der Waals surface area contributed by atoms with Crippen LogP contribution in [0.5, 0.6) is 11.5 Å². The van der Waals surface area contributed by atoms with Crippen LogP contribution < -0.4 is 4.74 Å². The molecule has 1 saturated heterocycles. The quantitative estimate of drug-likeness (QED) is 0.885. The number of benzene rings is 1. The van der Waals surface area contributed by atoms with Gasteiger partial charge >= 0.3 is 0 Å². The number of hydrogen-bond acceptors (Lipinski definition) is 3. The van der Waals surface area contributed by atoms with E-state index in [-0.39, 0.29) is 5.75 Å². The van der Waals surface area contributed by atoms with E-state index in [9.17, 15) is 5.11 Å². The largest absolute Gasteiger partial charge is 0.503 e. The highest BCUT2D eigenvalue weighted by molar-refractivity contribution is 9.10. The standard InChI is InChI=1S/C16H24BrNO2/c1-3-13-7-5-4-6-8-18(13)11-12-9-14(17)16(19)15(10-12)20-2/h9-10,13,19H,3-8,11H2,1-2H3. The van der Waals surface area contributed by atoms with Crippen LogP contribution >= 0.6 is 15.9 Å². The molecule has 1 fully saturated rings. The molecule has 0 saturated carbocycles. The summed E-state index contributed by atoms with van der Waals surface area (Å²) in [6.45, 7) is 4.36. The molecule has 2 rings (SSSR count). The Morgan fingerprint density at radius 2 is 2.15 bits per heavy atom. The third-order valence-corrected chi connectivity index (χ3v) is 4.77. The predicted molar refractivity (Wildman–Crippen MR) is 85.3 cm³/mol. The number of ether oxygens (including phenoxy) is 1. The van der Waals surface area contributed by atoms with Crippen LogP contribution in [0.2, 0.25) is 0 Å². The van der Waals surface area contributed by atoms with Crippen LogP contribution in [0.4, 0.5) is 0 Å². The lowest BCUT2D eigenvalue weighted by Gasteiger charge is -2.29. The maximum Gasteiger partial charge on any atom is 0.172 e. The van der Waals surface area contributed by atoms with Gasteiger partial charge in [0.1, 0.15) is 0 Å². The Morgan fingerprint density at radius 3 is 2.85 bits per heavy atom. The molecule has 1 aliphatic rings. The molecule has 1 atom stereocenters. The van der Waals surface area contributed by atoms with Gasteiger partial charge in [0.25, 0.3) is 0 Å². The summed E-state index contributed by atoms with van der Waals surface area (Å²) < 4.78 is 5.94. The summed E-state index contributed by atoms with van der Waals surface area (Å²) in [7, 11) is 1.59. The van der Waals surface area contributed by atoms with Crippen molar-refractivity contribution in [3.63, 3.8) is 0 Å². The highest BCUT2D eigenvalue weighted by atomic mass is 79.9. The van der Waals surface area contributed by atoms with Crippen molar-refractivity contribution in [1.29, 1.82) is 0 Å². The van der Waals surface area contributed by atoms with Crippen molar-refractivity contribution >= 4 is 15.9 Å². The Hall–Kier alpha value is -0.740. The molecule has 1 aromatic rings. The van der Waals surface area contributed by atoms with Gasteiger partial charge in [0.05, 0.1) is 11.6 Å². The lowest BCUT2D eigenvalue weighted by Crippen LogP contribution is -2.33. The zero-order chi connectivity index (χ0) is 14.5. The summed E-state index contributed by atoms with van der Waals surface area (Å²) in [5, 5.41) is 9.89. The third-order valence-electron chi connectivity index (χ3n) is 4.16. The number of phenols is 1. The van der Waals surface area contributed by atoms with E-state index in [0.29, 0.717) is 16.3 Å². The lowest BCUT2D eigenvalue weighted by molar-refractivity contribution is 0.186. The van der Waals surface area contributed by atoms with Crippen LogP contribution in [0.1, 0.15) is 44.6 Å². The molecule has 0 radical (unpaired) electrons. The Labute approximate surface area is 130 Å². The predicted octanol–water partition coefficient (Wildman–Crippen LogP) is 4.32. The number of nitrogens with zero attached hydrogens (tertiary/aromatic N) is 1. The summed E-state index contributed by atoms with van der Waals surface area (Å²) >= 11 is 3.40. The normalized spacial score (nSPS) is 20.6. The first kappa shape index (κ1) is 15.6. The van der Waals surface area contributed by atoms with Crippen LogP contribution in [0.3, 0.4) is 0 Å². The van der Waals surface area contributed by atoms with Crippen molar-refractivity contribution in [2.45, 2.75) is 51.6 Å². The first-order valence-corrected chi connectivity index (χ1v) is 8.24. The maximum absolute atomic E-state index is 9.89. The van der Waals surface area contributed by atoms with Crippen molar-refractivity contribution < 1.29 is 9.84 Å². The van der Waals surface area contributed by atoms with Gasteiger partial charge < -0.3 is 9.84 Å². The summed E-state index contributed by atoms with van der Waals surface area (Å²) in [6.07, 6.45) is 6.48. The number of likely N-dealkylation sites (tertiary alicyclic amines) is 1. The van der Waals surface area contributed by atoms with E-state index < -0.39 is 0 Å². The second-order valence-corrected chi connectivity index (χ2v) is 6.36. The van der Waals surface area contributed by atoms with Gasteiger partial charge in [-0.3, -0.25) is 4.90 Å². The van der Waals surface area contributed by atoms with Gasteiger partial charge in [-0.25, -0.2) is 0 Å². The zero-order valence-electron chi connectivity index (χ0n) is 12.4. The van der Waals surface area contributed by atoms with Gasteiger partial charge in [0.2, 0.25) is 0 Å². The maximum atomic E-state index is 9.89. The number of phenolic OH excluding ortho intramolecular Hbond substituents is 1. The molecule has 4 heteroatoms. The molecule has 1 unspecified atom stereocenters. The number of methoxy groups -OCH3 is 1. The van der Waals surface area contributed by atoms with Gasteiger partial charge in [-0.05, 0) is 59.4 Å². The van der Waals surface area contributed by atoms with E-state index in [1.54, 1.807) is 7.11 Å². The van der Waals surface area contributed by atoms with Gasteiger partial charge in [-0.15, -0.1) is 0 Å². The molecule has 0 aliphatic carbocycles. The fourth-order valence-corrected chi connectivity index (χ4v) is 3.51. The Morgan fingerprint density at radius 1 is 1.35 bits per heavy atom. The molecule has 3 nitrogen and oxygen atoms in total. The van der Waals surface area contributed by atoms with Crippen molar-refractivity contribution in [3.05, 3.63) is 22.2 Å². The molecular weight excluding hydrogens is 318 g/mol. The second kappa shape index (κ2) is 7.32. The first-order valence-electron chi connectivity index (χ1n) is 7.45. The lowest BCUT2D eigenvalue weighted by atomic mass is 10.1. The van der Waals surface area contributed by atoms with Crippen molar-refractivity contribution in [2.24, 2.45) is 0 Å². The molecule has 0 bridgehead atoms. The monoisotopic (exact) mass is 341 g/mol. The van der Waals surface area contributed by atoms with Gasteiger partial charge in [0, 0.05) is 12.6 Å². The second-order valence-electron chi connectivity index (χ2n) is 5.51. The molecule has 1 heterocycles. The van der Waals surface area contributed by atoms with Crippen LogP contribution in [0.25, 0.3) is 0 Å². The van der Waals surface area contributed by atoms with E-state index in [2.05, 4.69) is 27.8 Å². The van der Waals surface area contributed by atoms with E-state index in [0.717, 1.165) is 6.54 Å². The third kappa shape index (κ3) is 3.67. The first-order chi connectivity index (χ1) is 9.65. The summed E-state index contributed by atoms with van der Waals surface area (Å²) in [4.78, 5) is 2.57. The minimum absolute atomic E-state index is 0.180. The fraction of sp³-hybridized carbons (Fsp3) is 0.625. The molecule has 0 spiro atoms. The Kier molecular flexibility index (Phi) is 5.73. The molecule has 112 valence electrons. The highest BCUT2D eigenvalue weighted by Gasteiger charge is 2.20. The average Bonchev–Trinajstić information content (AvgIpc) is 2.67. The van der Waals surface area contributed by atoms with Crippen molar-refractivity contribution in [2.75, 3.05) is 13.7 Å². The molecule has 1 N–H and O–H groups in total. The number of hydrogen-bond donors (Lipinski definition) is 1. The summed E-state index contributed by atoms with van der Waals surface area (Å²) in [5.41, 5.74) is 1.19. The van der Waals surface area contributed by atoms with Crippen LogP contribution in [-0.4, -0.2) is 29.7 Å². The Bertz CT molecular complexity index is 450. The molecule has 1 aromatic carbocycles. The SMILES string of the molecule is CCC1CCCCCN1Cc1cc(Br)c(O)c(OC)c1. The van der Waals surface area contributed by atoms with E-state index in [1.165, 1.54) is 44.2 Å². The molecule has 20 heavy (non-hydrogen) atoms. The molecular formula is C16H24BrNO2. The number of rotatable bonds is 4. The topological polar surface area (TPSA) is 32.7 Å². The minimum Gasteiger partial charge on any atom is -0.503 e. The fourth-order valence-electron chi connectivity index (χ4n) is 3.02. The molecule has 0 amide bonds. The van der Waals surface area contributed by atoms with Crippen LogP contribution in [0, 0.1) is 0 Å².